The van der Waals surface area contributed by atoms with Crippen LogP contribution in [0.1, 0.15) is 32.0 Å². The first-order chi connectivity index (χ1) is 7.97. The van der Waals surface area contributed by atoms with Crippen LogP contribution in [0.25, 0.3) is 0 Å². The molecular weight excluding hydrogens is 214 g/mol. The van der Waals surface area contributed by atoms with E-state index < -0.39 is 0 Å². The molecule has 17 heavy (non-hydrogen) atoms. The highest BCUT2D eigenvalue weighted by atomic mass is 16.5. The van der Waals surface area contributed by atoms with Gasteiger partial charge in [-0.2, -0.15) is 5.10 Å². The molecule has 1 aromatic rings. The summed E-state index contributed by atoms with van der Waals surface area (Å²) in [5.41, 5.74) is 2.19. The van der Waals surface area contributed by atoms with Gasteiger partial charge in [-0.15, -0.1) is 0 Å². The smallest absolute Gasteiger partial charge is 0.216 e. The minimum Gasteiger partial charge on any atom is -0.481 e. The number of aromatic nitrogens is 2. The number of hydrogen-bond acceptors (Lipinski definition) is 3. The maximum Gasteiger partial charge on any atom is 0.216 e. The molecule has 0 radical (unpaired) electrons. The lowest BCUT2D eigenvalue weighted by atomic mass is 9.98. The van der Waals surface area contributed by atoms with Crippen LogP contribution in [0, 0.1) is 18.8 Å². The standard InChI is InChI=1S/C13H25N3O/c1-9(2)10(3)7-14-8-12-11(4)15-16(5)13(12)17-6/h9-10,14H,7-8H2,1-6H3. The van der Waals surface area contributed by atoms with Crippen molar-refractivity contribution >= 4 is 0 Å². The van der Waals surface area contributed by atoms with E-state index in [1.165, 1.54) is 0 Å². The second-order valence-electron chi connectivity index (χ2n) is 5.05. The van der Waals surface area contributed by atoms with Crippen molar-refractivity contribution in [2.45, 2.75) is 34.2 Å². The van der Waals surface area contributed by atoms with Gasteiger partial charge in [-0.25, -0.2) is 4.68 Å². The Morgan fingerprint density at radius 1 is 1.35 bits per heavy atom. The molecule has 4 nitrogen and oxygen atoms in total. The molecule has 1 aromatic heterocycles. The zero-order chi connectivity index (χ0) is 13.0. The zero-order valence-corrected chi connectivity index (χ0v) is 11.9. The van der Waals surface area contributed by atoms with Gasteiger partial charge in [0.25, 0.3) is 0 Å². The molecule has 1 N–H and O–H groups in total. The molecule has 1 atom stereocenters. The van der Waals surface area contributed by atoms with Gasteiger partial charge in [0.15, 0.2) is 0 Å². The summed E-state index contributed by atoms with van der Waals surface area (Å²) in [6.45, 7) is 10.6. The van der Waals surface area contributed by atoms with Crippen molar-refractivity contribution in [2.24, 2.45) is 18.9 Å². The summed E-state index contributed by atoms with van der Waals surface area (Å²) in [5, 5.41) is 7.84. The highest BCUT2D eigenvalue weighted by molar-refractivity contribution is 5.30. The van der Waals surface area contributed by atoms with Gasteiger partial charge in [0.05, 0.1) is 18.4 Å². The normalized spacial score (nSPS) is 13.1. The van der Waals surface area contributed by atoms with Crippen LogP contribution in [0.15, 0.2) is 0 Å². The van der Waals surface area contributed by atoms with E-state index in [0.717, 1.165) is 30.2 Å². The van der Waals surface area contributed by atoms with Crippen LogP contribution < -0.4 is 10.1 Å². The molecule has 0 amide bonds. The van der Waals surface area contributed by atoms with E-state index in [9.17, 15) is 0 Å². The number of nitrogens with one attached hydrogen (secondary N) is 1. The first-order valence-electron chi connectivity index (χ1n) is 6.24. The van der Waals surface area contributed by atoms with Crippen LogP contribution in [0.3, 0.4) is 0 Å². The minimum absolute atomic E-state index is 0.679. The number of aryl methyl sites for hydroxylation is 2. The molecule has 0 saturated heterocycles. The molecule has 0 fully saturated rings. The van der Waals surface area contributed by atoms with E-state index >= 15 is 0 Å². The van der Waals surface area contributed by atoms with Crippen molar-refractivity contribution in [2.75, 3.05) is 13.7 Å². The molecule has 0 spiro atoms. The third kappa shape index (κ3) is 3.46. The van der Waals surface area contributed by atoms with Crippen LogP contribution >= 0.6 is 0 Å². The Balaban J connectivity index is 2.57. The van der Waals surface area contributed by atoms with Gasteiger partial charge in [-0.05, 0) is 25.3 Å². The minimum atomic E-state index is 0.679. The molecule has 0 saturated carbocycles. The Labute approximate surface area is 104 Å². The highest BCUT2D eigenvalue weighted by Gasteiger charge is 2.14. The van der Waals surface area contributed by atoms with Gasteiger partial charge >= 0.3 is 0 Å². The van der Waals surface area contributed by atoms with E-state index in [-0.39, 0.29) is 0 Å². The predicted molar refractivity (Wildman–Crippen MR) is 70.2 cm³/mol. The molecule has 1 unspecified atom stereocenters. The molecule has 4 heteroatoms. The van der Waals surface area contributed by atoms with Crippen molar-refractivity contribution in [1.29, 1.82) is 0 Å². The fourth-order valence-corrected chi connectivity index (χ4v) is 1.80. The number of rotatable bonds is 6. The monoisotopic (exact) mass is 239 g/mol. The molecular formula is C13H25N3O. The van der Waals surface area contributed by atoms with Gasteiger partial charge < -0.3 is 10.1 Å². The van der Waals surface area contributed by atoms with Crippen molar-refractivity contribution in [3.8, 4) is 5.88 Å². The van der Waals surface area contributed by atoms with Crippen LogP contribution in [-0.2, 0) is 13.6 Å². The number of methoxy groups -OCH3 is 1. The average molecular weight is 239 g/mol. The molecule has 0 aromatic carbocycles. The SMILES string of the molecule is COc1c(CNCC(C)C(C)C)c(C)nn1C. The van der Waals surface area contributed by atoms with Crippen LogP contribution in [0.2, 0.25) is 0 Å². The highest BCUT2D eigenvalue weighted by Crippen LogP contribution is 2.20. The van der Waals surface area contributed by atoms with Gasteiger partial charge in [-0.1, -0.05) is 20.8 Å². The van der Waals surface area contributed by atoms with Crippen molar-refractivity contribution in [1.82, 2.24) is 15.1 Å². The van der Waals surface area contributed by atoms with E-state index in [0.29, 0.717) is 11.8 Å². The van der Waals surface area contributed by atoms with Gasteiger partial charge in [0.1, 0.15) is 0 Å². The lowest BCUT2D eigenvalue weighted by Crippen LogP contribution is -2.24. The Morgan fingerprint density at radius 2 is 2.00 bits per heavy atom. The van der Waals surface area contributed by atoms with E-state index in [1.54, 1.807) is 11.8 Å². The lowest BCUT2D eigenvalue weighted by Gasteiger charge is -2.16. The first-order valence-corrected chi connectivity index (χ1v) is 6.24. The van der Waals surface area contributed by atoms with Gasteiger partial charge in [0, 0.05) is 13.6 Å². The second-order valence-corrected chi connectivity index (χ2v) is 5.05. The van der Waals surface area contributed by atoms with Crippen LogP contribution in [0.4, 0.5) is 0 Å². The summed E-state index contributed by atoms with van der Waals surface area (Å²) < 4.78 is 7.15. The first kappa shape index (κ1) is 14.0. The van der Waals surface area contributed by atoms with Crippen LogP contribution in [0.5, 0.6) is 5.88 Å². The molecule has 0 aliphatic heterocycles. The lowest BCUT2D eigenvalue weighted by molar-refractivity contribution is 0.363. The Morgan fingerprint density at radius 3 is 2.53 bits per heavy atom. The summed E-state index contributed by atoms with van der Waals surface area (Å²) in [6.07, 6.45) is 0. The zero-order valence-electron chi connectivity index (χ0n) is 11.9. The third-order valence-corrected chi connectivity index (χ3v) is 3.39. The number of hydrogen-bond donors (Lipinski definition) is 1. The average Bonchev–Trinajstić information content (AvgIpc) is 2.53. The van der Waals surface area contributed by atoms with Crippen LogP contribution in [-0.4, -0.2) is 23.4 Å². The maximum absolute atomic E-state index is 5.36. The Kier molecular flexibility index (Phi) is 5.00. The second kappa shape index (κ2) is 6.05. The number of ether oxygens (including phenoxy) is 1. The fraction of sp³-hybridized carbons (Fsp3) is 0.769. The molecule has 0 aliphatic rings. The van der Waals surface area contributed by atoms with Crippen molar-refractivity contribution in [3.05, 3.63) is 11.3 Å². The topological polar surface area (TPSA) is 39.1 Å². The largest absolute Gasteiger partial charge is 0.481 e. The number of nitrogens with zero attached hydrogens (tertiary/aromatic N) is 2. The molecule has 0 aliphatic carbocycles. The molecule has 0 bridgehead atoms. The van der Waals surface area contributed by atoms with Gasteiger partial charge in [0.2, 0.25) is 5.88 Å². The third-order valence-electron chi connectivity index (χ3n) is 3.39. The maximum atomic E-state index is 5.36. The van der Waals surface area contributed by atoms with Crippen molar-refractivity contribution < 1.29 is 4.74 Å². The van der Waals surface area contributed by atoms with Gasteiger partial charge in [-0.3, -0.25) is 0 Å². The quantitative estimate of drug-likeness (QED) is 0.826. The summed E-state index contributed by atoms with van der Waals surface area (Å²) in [6, 6.07) is 0. The molecule has 1 heterocycles. The predicted octanol–water partition coefficient (Wildman–Crippen LogP) is 2.12. The molecule has 1 rings (SSSR count). The van der Waals surface area contributed by atoms with E-state index in [4.69, 9.17) is 4.74 Å². The summed E-state index contributed by atoms with van der Waals surface area (Å²) in [7, 11) is 3.60. The summed E-state index contributed by atoms with van der Waals surface area (Å²) >= 11 is 0. The Hall–Kier alpha value is -1.03. The summed E-state index contributed by atoms with van der Waals surface area (Å²) in [5.74, 6) is 2.24. The van der Waals surface area contributed by atoms with E-state index in [2.05, 4.69) is 31.2 Å². The van der Waals surface area contributed by atoms with Crippen molar-refractivity contribution in [3.63, 3.8) is 0 Å². The fourth-order valence-electron chi connectivity index (χ4n) is 1.80. The van der Waals surface area contributed by atoms with E-state index in [1.807, 2.05) is 14.0 Å². The molecule has 98 valence electrons. The Bertz CT molecular complexity index is 358. The summed E-state index contributed by atoms with van der Waals surface area (Å²) in [4.78, 5) is 0.